The van der Waals surface area contributed by atoms with Crippen LogP contribution in [-0.2, 0) is 11.2 Å². The van der Waals surface area contributed by atoms with E-state index < -0.39 is 0 Å². The maximum Gasteiger partial charge on any atom is 0.223 e. The lowest BCUT2D eigenvalue weighted by molar-refractivity contribution is -0.133. The third-order valence-corrected chi connectivity index (χ3v) is 3.53. The van der Waals surface area contributed by atoms with Crippen LogP contribution in [0.15, 0.2) is 24.3 Å². The van der Waals surface area contributed by atoms with E-state index in [4.69, 9.17) is 5.26 Å². The molecular weight excluding hydrogens is 286 g/mol. The normalized spacial score (nSPS) is 16.2. The molecule has 128 valence electrons. The summed E-state index contributed by atoms with van der Waals surface area (Å²) in [7, 11) is 0. The molecule has 0 saturated carbocycles. The summed E-state index contributed by atoms with van der Waals surface area (Å²) in [5, 5.41) is 12.0. The summed E-state index contributed by atoms with van der Waals surface area (Å²) in [5.41, 5.74) is 1.76. The van der Waals surface area contributed by atoms with E-state index in [9.17, 15) is 4.79 Å². The fraction of sp³-hybridized carbons (Fsp3) is 0.579. The lowest BCUT2D eigenvalue weighted by atomic mass is 10.1. The molecule has 1 unspecified atom stereocenters. The monoisotopic (exact) mass is 317 g/mol. The molecule has 0 radical (unpaired) electrons. The third kappa shape index (κ3) is 7.30. The van der Waals surface area contributed by atoms with Gasteiger partial charge in [0, 0.05) is 32.1 Å². The van der Waals surface area contributed by atoms with Gasteiger partial charge in [0.15, 0.2) is 0 Å². The highest BCUT2D eigenvalue weighted by Crippen LogP contribution is 2.10. The minimum Gasteiger partial charge on any atom is -0.337 e. The first-order valence-electron chi connectivity index (χ1n) is 8.70. The molecule has 1 aliphatic rings. The summed E-state index contributed by atoms with van der Waals surface area (Å²) in [4.78, 5) is 14.1. The van der Waals surface area contributed by atoms with Gasteiger partial charge in [-0.15, -0.1) is 0 Å². The lowest BCUT2D eigenvalue weighted by Gasteiger charge is -2.34. The van der Waals surface area contributed by atoms with Crippen molar-refractivity contribution in [1.29, 1.82) is 5.26 Å². The Morgan fingerprint density at radius 2 is 1.87 bits per heavy atom. The van der Waals surface area contributed by atoms with Gasteiger partial charge < -0.3 is 10.2 Å². The van der Waals surface area contributed by atoms with Crippen LogP contribution < -0.4 is 5.32 Å². The highest BCUT2D eigenvalue weighted by Gasteiger charge is 2.22. The second-order valence-corrected chi connectivity index (χ2v) is 4.95. The minimum atomic E-state index is 0.221. The van der Waals surface area contributed by atoms with Gasteiger partial charge in [0.25, 0.3) is 0 Å². The zero-order chi connectivity index (χ0) is 17.7. The maximum absolute atomic E-state index is 12.2. The van der Waals surface area contributed by atoms with Crippen molar-refractivity contribution in [2.24, 2.45) is 0 Å². The Morgan fingerprint density at radius 3 is 2.39 bits per heavy atom. The average molecular weight is 317 g/mol. The Balaban J connectivity index is 0.00000112. The fourth-order valence-corrected chi connectivity index (χ4v) is 2.35. The molecule has 4 heteroatoms. The van der Waals surface area contributed by atoms with Crippen molar-refractivity contribution in [1.82, 2.24) is 10.2 Å². The summed E-state index contributed by atoms with van der Waals surface area (Å²) in [6, 6.07) is 9.82. The summed E-state index contributed by atoms with van der Waals surface area (Å²) in [5.74, 6) is 0.221. The first kappa shape index (κ1) is 21.1. The number of aryl methyl sites for hydroxylation is 1. The van der Waals surface area contributed by atoms with Gasteiger partial charge in [-0.05, 0) is 31.0 Å². The molecule has 1 saturated heterocycles. The molecular formula is C19H31N3O. The smallest absolute Gasteiger partial charge is 0.223 e. The van der Waals surface area contributed by atoms with Crippen LogP contribution >= 0.6 is 0 Å². The van der Waals surface area contributed by atoms with E-state index >= 15 is 0 Å². The Morgan fingerprint density at radius 1 is 1.26 bits per heavy atom. The standard InChI is InChI=1S/C15H19N3O.2C2H6/c1-12-11-17-8-9-18(12)15(19)7-6-13-2-4-14(10-16)5-3-13;2*1-2/h2-5,12,17H,6-9,11H2,1H3;2*1-2H3. The van der Waals surface area contributed by atoms with Gasteiger partial charge in [-0.2, -0.15) is 5.26 Å². The van der Waals surface area contributed by atoms with Gasteiger partial charge in [-0.3, -0.25) is 4.79 Å². The highest BCUT2D eigenvalue weighted by molar-refractivity contribution is 5.77. The molecule has 0 spiro atoms. The molecule has 23 heavy (non-hydrogen) atoms. The van der Waals surface area contributed by atoms with Crippen molar-refractivity contribution in [3.05, 3.63) is 35.4 Å². The number of hydrogen-bond acceptors (Lipinski definition) is 3. The number of nitriles is 1. The number of piperazine rings is 1. The average Bonchev–Trinajstić information content (AvgIpc) is 2.64. The van der Waals surface area contributed by atoms with Gasteiger partial charge in [0.1, 0.15) is 0 Å². The Hall–Kier alpha value is -1.86. The Labute approximate surface area is 141 Å². The Bertz CT molecular complexity index is 476. The van der Waals surface area contributed by atoms with Crippen LogP contribution in [0.25, 0.3) is 0 Å². The van der Waals surface area contributed by atoms with Crippen LogP contribution in [0.1, 0.15) is 52.2 Å². The van der Waals surface area contributed by atoms with Gasteiger partial charge in [-0.1, -0.05) is 39.8 Å². The van der Waals surface area contributed by atoms with Gasteiger partial charge >= 0.3 is 0 Å². The molecule has 1 aliphatic heterocycles. The van der Waals surface area contributed by atoms with Crippen molar-refractivity contribution in [3.63, 3.8) is 0 Å². The summed E-state index contributed by atoms with van der Waals surface area (Å²) < 4.78 is 0. The first-order chi connectivity index (χ1) is 11.2. The summed E-state index contributed by atoms with van der Waals surface area (Å²) in [6.07, 6.45) is 1.28. The molecule has 1 N–H and O–H groups in total. The molecule has 1 fully saturated rings. The number of nitrogens with zero attached hydrogens (tertiary/aromatic N) is 2. The molecule has 0 aromatic heterocycles. The maximum atomic E-state index is 12.2. The van der Waals surface area contributed by atoms with E-state index in [-0.39, 0.29) is 11.9 Å². The minimum absolute atomic E-state index is 0.221. The number of amides is 1. The van der Waals surface area contributed by atoms with E-state index in [2.05, 4.69) is 18.3 Å². The Kier molecular flexibility index (Phi) is 11.6. The van der Waals surface area contributed by atoms with Crippen LogP contribution in [0.2, 0.25) is 0 Å². The van der Waals surface area contributed by atoms with Crippen LogP contribution in [0, 0.1) is 11.3 Å². The molecule has 2 rings (SSSR count). The molecule has 1 heterocycles. The molecule has 1 aromatic rings. The molecule has 1 aromatic carbocycles. The van der Waals surface area contributed by atoms with Gasteiger partial charge in [0.2, 0.25) is 5.91 Å². The zero-order valence-electron chi connectivity index (χ0n) is 15.2. The number of benzene rings is 1. The molecule has 4 nitrogen and oxygen atoms in total. The van der Waals surface area contributed by atoms with E-state index in [1.807, 2.05) is 44.7 Å². The van der Waals surface area contributed by atoms with E-state index in [0.717, 1.165) is 31.6 Å². The van der Waals surface area contributed by atoms with Crippen molar-refractivity contribution in [2.45, 2.75) is 53.5 Å². The molecule has 1 atom stereocenters. The first-order valence-corrected chi connectivity index (χ1v) is 8.70. The van der Waals surface area contributed by atoms with Crippen molar-refractivity contribution >= 4 is 5.91 Å². The van der Waals surface area contributed by atoms with E-state index in [1.54, 1.807) is 12.1 Å². The molecule has 0 bridgehead atoms. The summed E-state index contributed by atoms with van der Waals surface area (Å²) >= 11 is 0. The second-order valence-electron chi connectivity index (χ2n) is 4.95. The van der Waals surface area contributed by atoms with Gasteiger partial charge in [0.05, 0.1) is 11.6 Å². The van der Waals surface area contributed by atoms with Crippen molar-refractivity contribution < 1.29 is 4.79 Å². The van der Waals surface area contributed by atoms with Crippen LogP contribution in [0.4, 0.5) is 0 Å². The lowest BCUT2D eigenvalue weighted by Crippen LogP contribution is -2.52. The van der Waals surface area contributed by atoms with E-state index in [0.29, 0.717) is 12.0 Å². The predicted octanol–water partition coefficient (Wildman–Crippen LogP) is 3.36. The zero-order valence-corrected chi connectivity index (χ0v) is 15.2. The van der Waals surface area contributed by atoms with E-state index in [1.165, 1.54) is 0 Å². The highest BCUT2D eigenvalue weighted by atomic mass is 16.2. The van der Waals surface area contributed by atoms with Crippen LogP contribution in [-0.4, -0.2) is 36.5 Å². The van der Waals surface area contributed by atoms with Crippen LogP contribution in [0.3, 0.4) is 0 Å². The molecule has 1 amide bonds. The predicted molar refractivity (Wildman–Crippen MR) is 96.2 cm³/mol. The second kappa shape index (κ2) is 12.7. The fourth-order valence-electron chi connectivity index (χ4n) is 2.35. The number of nitrogens with one attached hydrogen (secondary N) is 1. The number of rotatable bonds is 3. The summed E-state index contributed by atoms with van der Waals surface area (Å²) in [6.45, 7) is 12.6. The molecule has 0 aliphatic carbocycles. The number of carbonyl (C=O) groups is 1. The number of carbonyl (C=O) groups excluding carboxylic acids is 1. The van der Waals surface area contributed by atoms with Crippen LogP contribution in [0.5, 0.6) is 0 Å². The number of hydrogen-bond donors (Lipinski definition) is 1. The van der Waals surface area contributed by atoms with Gasteiger partial charge in [-0.25, -0.2) is 0 Å². The largest absolute Gasteiger partial charge is 0.337 e. The third-order valence-electron chi connectivity index (χ3n) is 3.53. The quantitative estimate of drug-likeness (QED) is 0.930. The topological polar surface area (TPSA) is 56.1 Å². The SMILES string of the molecule is CC.CC.CC1CNCCN1C(=O)CCc1ccc(C#N)cc1. The van der Waals surface area contributed by atoms with Crippen molar-refractivity contribution in [2.75, 3.05) is 19.6 Å². The van der Waals surface area contributed by atoms with Crippen molar-refractivity contribution in [3.8, 4) is 6.07 Å².